The first kappa shape index (κ1) is 25.7. The highest BCUT2D eigenvalue weighted by Crippen LogP contribution is 2.29. The molecular formula is C24H36N8O4S. The Morgan fingerprint density at radius 1 is 0.730 bits per heavy atom. The predicted octanol–water partition coefficient (Wildman–Crippen LogP) is 4.14. The molecule has 0 N–H and O–H groups in total. The molecule has 13 heteroatoms. The van der Waals surface area contributed by atoms with Crippen LogP contribution in [0.1, 0.15) is 76.9 Å². The summed E-state index contributed by atoms with van der Waals surface area (Å²) in [5.41, 5.74) is 0. The van der Waals surface area contributed by atoms with E-state index in [1.807, 2.05) is 0 Å². The molecular weight excluding hydrogens is 496 g/mol. The van der Waals surface area contributed by atoms with Crippen molar-refractivity contribution in [1.82, 2.24) is 29.0 Å². The second-order valence-electron chi connectivity index (χ2n) is 10.5. The van der Waals surface area contributed by atoms with Crippen molar-refractivity contribution in [2.45, 2.75) is 65.2 Å². The Hall–Kier alpha value is -2.96. The molecule has 0 unspecified atom stereocenters. The largest absolute Gasteiger partial charge is 0.473 e. The fraction of sp³-hybridized carbons (Fsp3) is 0.750. The third-order valence-corrected chi connectivity index (χ3v) is 7.50. The van der Waals surface area contributed by atoms with Crippen LogP contribution in [0, 0.1) is 11.8 Å². The molecule has 0 saturated carbocycles. The zero-order chi connectivity index (χ0) is 25.8. The molecule has 0 amide bonds. The molecule has 12 nitrogen and oxygen atoms in total. The summed E-state index contributed by atoms with van der Waals surface area (Å²) >= 11 is 1.12. The molecule has 2 saturated heterocycles. The Morgan fingerprint density at radius 3 is 1.49 bits per heavy atom. The van der Waals surface area contributed by atoms with Crippen LogP contribution in [0.25, 0.3) is 0 Å². The topological polar surface area (TPSA) is 129 Å². The van der Waals surface area contributed by atoms with Crippen molar-refractivity contribution in [3.8, 4) is 11.8 Å². The maximum absolute atomic E-state index is 6.04. The quantitative estimate of drug-likeness (QED) is 0.372. The number of aromatic nitrogens is 6. The lowest BCUT2D eigenvalue weighted by Crippen LogP contribution is -2.36. The van der Waals surface area contributed by atoms with Crippen LogP contribution in [0.15, 0.2) is 9.05 Å². The van der Waals surface area contributed by atoms with E-state index in [0.29, 0.717) is 48.8 Å². The predicted molar refractivity (Wildman–Crippen MR) is 138 cm³/mol. The first-order valence-electron chi connectivity index (χ1n) is 13.2. The van der Waals surface area contributed by atoms with E-state index >= 15 is 0 Å². The zero-order valence-electron chi connectivity index (χ0n) is 22.0. The summed E-state index contributed by atoms with van der Waals surface area (Å²) in [7, 11) is 0. The van der Waals surface area contributed by atoms with Crippen molar-refractivity contribution in [2.24, 2.45) is 11.8 Å². The SMILES string of the molecule is CC(C)c1noc(N2CCC(COc3nsnc3OCC3CCN(c4nc(C(C)C)no4)CC3)CC2)n1. The second kappa shape index (κ2) is 11.6. The fourth-order valence-electron chi connectivity index (χ4n) is 4.50. The Kier molecular flexibility index (Phi) is 8.06. The lowest BCUT2D eigenvalue weighted by Gasteiger charge is -2.30. The highest BCUT2D eigenvalue weighted by atomic mass is 32.1. The van der Waals surface area contributed by atoms with Crippen LogP contribution < -0.4 is 19.3 Å². The van der Waals surface area contributed by atoms with E-state index in [4.69, 9.17) is 18.5 Å². The highest BCUT2D eigenvalue weighted by molar-refractivity contribution is 6.99. The fourth-order valence-corrected chi connectivity index (χ4v) is 4.95. The molecule has 0 bridgehead atoms. The van der Waals surface area contributed by atoms with Crippen molar-refractivity contribution in [3.05, 3.63) is 11.6 Å². The first-order chi connectivity index (χ1) is 18.0. The monoisotopic (exact) mass is 532 g/mol. The standard InChI is InChI=1S/C24H36N8O4S/c1-15(2)19-25-23(35-27-19)31-9-5-17(6-10-31)13-33-21-22(30-37-29-21)34-14-18-7-11-32(12-8-18)24-26-20(16(3)4)28-36-24/h15-18H,5-14H2,1-4H3. The van der Waals surface area contributed by atoms with Gasteiger partial charge in [0.15, 0.2) is 11.6 Å². The number of piperidine rings is 2. The normalized spacial score (nSPS) is 17.8. The minimum atomic E-state index is 0.258. The number of anilines is 2. The smallest absolute Gasteiger partial charge is 0.324 e. The van der Waals surface area contributed by atoms with Crippen LogP contribution in [-0.4, -0.2) is 68.4 Å². The molecule has 3 aromatic heterocycles. The average Bonchev–Trinajstić information content (AvgIpc) is 3.68. The van der Waals surface area contributed by atoms with E-state index in [9.17, 15) is 0 Å². The van der Waals surface area contributed by atoms with Gasteiger partial charge < -0.3 is 28.3 Å². The van der Waals surface area contributed by atoms with Gasteiger partial charge in [-0.1, -0.05) is 38.0 Å². The summed E-state index contributed by atoms with van der Waals surface area (Å²) in [5, 5.41) is 8.15. The Balaban J connectivity index is 1.03. The molecule has 0 aliphatic carbocycles. The third-order valence-electron chi connectivity index (χ3n) is 7.01. The van der Waals surface area contributed by atoms with Crippen LogP contribution in [0.4, 0.5) is 12.0 Å². The van der Waals surface area contributed by atoms with Crippen LogP contribution >= 0.6 is 11.7 Å². The summed E-state index contributed by atoms with van der Waals surface area (Å²) < 4.78 is 31.6. The zero-order valence-corrected chi connectivity index (χ0v) is 22.8. The van der Waals surface area contributed by atoms with Gasteiger partial charge in [0.25, 0.3) is 11.8 Å². The maximum atomic E-state index is 6.04. The van der Waals surface area contributed by atoms with Gasteiger partial charge in [0.2, 0.25) is 0 Å². The van der Waals surface area contributed by atoms with Gasteiger partial charge in [0.05, 0.1) is 24.9 Å². The van der Waals surface area contributed by atoms with E-state index in [-0.39, 0.29) is 11.8 Å². The molecule has 0 aromatic carbocycles. The molecule has 37 heavy (non-hydrogen) atoms. The van der Waals surface area contributed by atoms with Crippen molar-refractivity contribution in [2.75, 3.05) is 49.2 Å². The van der Waals surface area contributed by atoms with Crippen molar-refractivity contribution in [1.29, 1.82) is 0 Å². The Labute approximate surface area is 221 Å². The summed E-state index contributed by atoms with van der Waals surface area (Å²) in [6.45, 7) is 12.9. The van der Waals surface area contributed by atoms with Crippen molar-refractivity contribution < 1.29 is 18.5 Å². The number of rotatable bonds is 10. The summed E-state index contributed by atoms with van der Waals surface area (Å²) in [6.07, 6.45) is 3.96. The van der Waals surface area contributed by atoms with E-state index < -0.39 is 0 Å². The lowest BCUT2D eigenvalue weighted by molar-refractivity contribution is 0.182. The van der Waals surface area contributed by atoms with E-state index in [0.717, 1.165) is 75.2 Å². The minimum absolute atomic E-state index is 0.258. The van der Waals surface area contributed by atoms with Gasteiger partial charge in [0.1, 0.15) is 0 Å². The van der Waals surface area contributed by atoms with Crippen LogP contribution in [0.3, 0.4) is 0 Å². The van der Waals surface area contributed by atoms with E-state index in [1.165, 1.54) is 0 Å². The molecule has 2 fully saturated rings. The molecule has 5 rings (SSSR count). The van der Waals surface area contributed by atoms with Gasteiger partial charge in [0, 0.05) is 38.0 Å². The second-order valence-corrected chi connectivity index (χ2v) is 11.1. The maximum Gasteiger partial charge on any atom is 0.324 e. The van der Waals surface area contributed by atoms with Crippen molar-refractivity contribution >= 4 is 23.8 Å². The van der Waals surface area contributed by atoms with Gasteiger partial charge in [-0.2, -0.15) is 9.97 Å². The van der Waals surface area contributed by atoms with E-state index in [2.05, 4.69) is 66.5 Å². The number of ether oxygens (including phenoxy) is 2. The number of hydrogen-bond donors (Lipinski definition) is 0. The molecule has 2 aliphatic rings. The van der Waals surface area contributed by atoms with Crippen LogP contribution in [0.2, 0.25) is 0 Å². The van der Waals surface area contributed by atoms with Gasteiger partial charge in [-0.25, -0.2) is 0 Å². The first-order valence-corrected chi connectivity index (χ1v) is 13.9. The Morgan fingerprint density at radius 2 is 1.14 bits per heavy atom. The Bertz CT molecular complexity index is 1030. The van der Waals surface area contributed by atoms with Gasteiger partial charge in [-0.05, 0) is 37.5 Å². The molecule has 0 atom stereocenters. The van der Waals surface area contributed by atoms with Crippen molar-refractivity contribution in [3.63, 3.8) is 0 Å². The summed E-state index contributed by atoms with van der Waals surface area (Å²) in [6, 6.07) is 1.23. The molecule has 202 valence electrons. The molecule has 0 radical (unpaired) electrons. The third kappa shape index (κ3) is 6.31. The van der Waals surface area contributed by atoms with Gasteiger partial charge in [-0.15, -0.1) is 8.75 Å². The van der Waals surface area contributed by atoms with Crippen LogP contribution in [0.5, 0.6) is 11.8 Å². The molecule has 0 spiro atoms. The highest BCUT2D eigenvalue weighted by Gasteiger charge is 2.27. The molecule has 5 heterocycles. The molecule has 2 aliphatic heterocycles. The summed E-state index contributed by atoms with van der Waals surface area (Å²) in [5.74, 6) is 3.88. The summed E-state index contributed by atoms with van der Waals surface area (Å²) in [4.78, 5) is 13.3. The minimum Gasteiger partial charge on any atom is -0.473 e. The number of nitrogens with zero attached hydrogens (tertiary/aromatic N) is 8. The average molecular weight is 533 g/mol. The van der Waals surface area contributed by atoms with Gasteiger partial charge >= 0.3 is 12.0 Å². The molecule has 3 aromatic rings. The van der Waals surface area contributed by atoms with E-state index in [1.54, 1.807) is 0 Å². The lowest BCUT2D eigenvalue weighted by atomic mass is 9.98. The van der Waals surface area contributed by atoms with Crippen LogP contribution in [-0.2, 0) is 0 Å². The van der Waals surface area contributed by atoms with Gasteiger partial charge in [-0.3, -0.25) is 0 Å². The number of hydrogen-bond acceptors (Lipinski definition) is 13.